The Balaban J connectivity index is 2.43. The lowest BCUT2D eigenvalue weighted by Gasteiger charge is -2.10. The lowest BCUT2D eigenvalue weighted by atomic mass is 10.3. The average Bonchev–Trinajstić information content (AvgIpc) is 2.30. The van der Waals surface area contributed by atoms with Gasteiger partial charge in [-0.15, -0.1) is 0 Å². The van der Waals surface area contributed by atoms with Crippen molar-refractivity contribution in [3.63, 3.8) is 0 Å². The minimum Gasteiger partial charge on any atom is -0.398 e. The summed E-state index contributed by atoms with van der Waals surface area (Å²) in [5.74, 6) is -0.0747. The van der Waals surface area contributed by atoms with E-state index in [-0.39, 0.29) is 31.9 Å². The van der Waals surface area contributed by atoms with Crippen LogP contribution in [0.25, 0.3) is 0 Å². The molecule has 2 rings (SSSR count). The molecule has 0 radical (unpaired) electrons. The number of anilines is 2. The van der Waals surface area contributed by atoms with Gasteiger partial charge in [-0.2, -0.15) is 4.98 Å². The Kier molecular flexibility index (Phi) is 4.24. The molecule has 106 valence electrons. The Morgan fingerprint density at radius 2 is 1.80 bits per heavy atom. The fourth-order valence-electron chi connectivity index (χ4n) is 1.38. The van der Waals surface area contributed by atoms with Crippen molar-refractivity contribution in [2.45, 2.75) is 4.90 Å². The topological polar surface area (TPSA) is 98.0 Å². The van der Waals surface area contributed by atoms with E-state index in [1.165, 1.54) is 24.3 Å². The van der Waals surface area contributed by atoms with E-state index >= 15 is 0 Å². The van der Waals surface area contributed by atoms with Gasteiger partial charge in [0.05, 0.1) is 5.69 Å². The van der Waals surface area contributed by atoms with Gasteiger partial charge in [0.2, 0.25) is 5.28 Å². The van der Waals surface area contributed by atoms with Crippen LogP contribution in [0.3, 0.4) is 0 Å². The Labute approximate surface area is 129 Å². The maximum absolute atomic E-state index is 12.2. The van der Waals surface area contributed by atoms with E-state index < -0.39 is 10.0 Å². The highest BCUT2D eigenvalue weighted by Gasteiger charge is 2.19. The molecule has 0 unspecified atom stereocenters. The molecule has 0 bridgehead atoms. The number of rotatable bonds is 3. The number of nitrogens with zero attached hydrogens (tertiary/aromatic N) is 2. The van der Waals surface area contributed by atoms with Crippen LogP contribution in [-0.2, 0) is 10.0 Å². The van der Waals surface area contributed by atoms with E-state index in [0.717, 1.165) is 0 Å². The van der Waals surface area contributed by atoms with Gasteiger partial charge in [0.25, 0.3) is 10.0 Å². The van der Waals surface area contributed by atoms with Crippen molar-refractivity contribution in [1.29, 1.82) is 0 Å². The molecule has 0 saturated heterocycles. The fourth-order valence-corrected chi connectivity index (χ4v) is 3.17. The van der Waals surface area contributed by atoms with Crippen molar-refractivity contribution < 1.29 is 8.42 Å². The Morgan fingerprint density at radius 1 is 1.10 bits per heavy atom. The quantitative estimate of drug-likeness (QED) is 0.502. The fraction of sp³-hybridized carbons (Fsp3) is 0. The summed E-state index contributed by atoms with van der Waals surface area (Å²) in [6.45, 7) is 0. The Bertz CT molecular complexity index is 747. The van der Waals surface area contributed by atoms with Crippen LogP contribution in [-0.4, -0.2) is 18.4 Å². The second kappa shape index (κ2) is 5.61. The first kappa shape index (κ1) is 15.1. The van der Waals surface area contributed by atoms with Crippen LogP contribution in [0.5, 0.6) is 0 Å². The average molecular weight is 354 g/mol. The van der Waals surface area contributed by atoms with Gasteiger partial charge < -0.3 is 5.73 Å². The summed E-state index contributed by atoms with van der Waals surface area (Å²) in [6, 6.07) is 5.31. The summed E-state index contributed by atoms with van der Waals surface area (Å²) in [5.41, 5.74) is 5.68. The number of hydrogen-bond donors (Lipinski definition) is 2. The second-order valence-corrected chi connectivity index (χ2v) is 6.45. The third-order valence-electron chi connectivity index (χ3n) is 2.17. The van der Waals surface area contributed by atoms with Gasteiger partial charge in [0.1, 0.15) is 15.9 Å². The summed E-state index contributed by atoms with van der Waals surface area (Å²) in [7, 11) is -3.97. The molecule has 20 heavy (non-hydrogen) atoms. The first-order chi connectivity index (χ1) is 9.28. The zero-order valence-corrected chi connectivity index (χ0v) is 12.7. The standard InChI is InChI=1S/C10H7Cl3N4O2S/c11-5-1-2-6(14)7(3-5)20(18,19)17-9-4-8(12)15-10(13)16-9/h1-4H,14H2,(H,15,16,17). The SMILES string of the molecule is Nc1ccc(Cl)cc1S(=O)(=O)Nc1cc(Cl)nc(Cl)n1. The molecule has 0 amide bonds. The number of benzene rings is 1. The van der Waals surface area contributed by atoms with E-state index in [1.807, 2.05) is 0 Å². The minimum atomic E-state index is -3.97. The van der Waals surface area contributed by atoms with Crippen LogP contribution in [0.15, 0.2) is 29.2 Å². The van der Waals surface area contributed by atoms with E-state index in [0.29, 0.717) is 0 Å². The predicted molar refractivity (Wildman–Crippen MR) is 78.7 cm³/mol. The molecule has 1 heterocycles. The Hall–Kier alpha value is -1.28. The number of nitrogens with one attached hydrogen (secondary N) is 1. The van der Waals surface area contributed by atoms with Crippen molar-refractivity contribution in [3.8, 4) is 0 Å². The number of halogens is 3. The third-order valence-corrected chi connectivity index (χ3v) is 4.18. The van der Waals surface area contributed by atoms with Crippen molar-refractivity contribution in [1.82, 2.24) is 9.97 Å². The van der Waals surface area contributed by atoms with Crippen LogP contribution in [0.1, 0.15) is 0 Å². The molecule has 3 N–H and O–H groups in total. The van der Waals surface area contributed by atoms with Gasteiger partial charge in [0.15, 0.2) is 0 Å². The first-order valence-electron chi connectivity index (χ1n) is 5.06. The zero-order chi connectivity index (χ0) is 14.9. The first-order valence-corrected chi connectivity index (χ1v) is 7.67. The van der Waals surface area contributed by atoms with Gasteiger partial charge in [-0.25, -0.2) is 13.4 Å². The molecule has 0 fully saturated rings. The normalized spacial score (nSPS) is 11.3. The van der Waals surface area contributed by atoms with E-state index in [2.05, 4.69) is 14.7 Å². The lowest BCUT2D eigenvalue weighted by molar-refractivity contribution is 0.601. The minimum absolute atomic E-state index is 0.00164. The van der Waals surface area contributed by atoms with Gasteiger partial charge >= 0.3 is 0 Å². The molecule has 0 aliphatic carbocycles. The molecule has 1 aromatic heterocycles. The largest absolute Gasteiger partial charge is 0.398 e. The van der Waals surface area contributed by atoms with E-state index in [1.54, 1.807) is 0 Å². The molecular weight excluding hydrogens is 347 g/mol. The number of sulfonamides is 1. The molecule has 6 nitrogen and oxygen atoms in total. The van der Waals surface area contributed by atoms with E-state index in [4.69, 9.17) is 40.5 Å². The smallest absolute Gasteiger partial charge is 0.265 e. The summed E-state index contributed by atoms with van der Waals surface area (Å²) >= 11 is 17.0. The molecular formula is C10H7Cl3N4O2S. The van der Waals surface area contributed by atoms with Crippen molar-refractivity contribution in [2.24, 2.45) is 0 Å². The van der Waals surface area contributed by atoms with E-state index in [9.17, 15) is 8.42 Å². The maximum atomic E-state index is 12.2. The highest BCUT2D eigenvalue weighted by atomic mass is 35.5. The molecule has 0 spiro atoms. The van der Waals surface area contributed by atoms with Crippen molar-refractivity contribution in [2.75, 3.05) is 10.5 Å². The molecule has 10 heteroatoms. The van der Waals surface area contributed by atoms with Crippen LogP contribution >= 0.6 is 34.8 Å². The molecule has 1 aromatic carbocycles. The summed E-state index contributed by atoms with van der Waals surface area (Å²) < 4.78 is 26.6. The van der Waals surface area contributed by atoms with Gasteiger partial charge in [-0.3, -0.25) is 4.72 Å². The third kappa shape index (κ3) is 3.43. The molecule has 0 aliphatic rings. The van der Waals surface area contributed by atoms with Crippen molar-refractivity contribution >= 4 is 56.3 Å². The molecule has 2 aromatic rings. The van der Waals surface area contributed by atoms with Gasteiger partial charge in [-0.1, -0.05) is 23.2 Å². The lowest BCUT2D eigenvalue weighted by Crippen LogP contribution is -2.16. The van der Waals surface area contributed by atoms with Gasteiger partial charge in [0, 0.05) is 11.1 Å². The second-order valence-electron chi connectivity index (χ2n) is 3.63. The van der Waals surface area contributed by atoms with Gasteiger partial charge in [-0.05, 0) is 29.8 Å². The van der Waals surface area contributed by atoms with Crippen LogP contribution in [0.4, 0.5) is 11.5 Å². The Morgan fingerprint density at radius 3 is 2.45 bits per heavy atom. The number of nitrogens with two attached hydrogens (primary N) is 1. The van der Waals surface area contributed by atoms with Crippen molar-refractivity contribution in [3.05, 3.63) is 39.7 Å². The predicted octanol–water partition coefficient (Wildman–Crippen LogP) is 2.82. The maximum Gasteiger partial charge on any atom is 0.265 e. The monoisotopic (exact) mass is 352 g/mol. The summed E-state index contributed by atoms with van der Waals surface area (Å²) in [5, 5.41) is 0.0503. The number of hydrogen-bond acceptors (Lipinski definition) is 5. The van der Waals surface area contributed by atoms with Crippen LogP contribution in [0, 0.1) is 0 Å². The van der Waals surface area contributed by atoms with Crippen LogP contribution in [0.2, 0.25) is 15.5 Å². The highest BCUT2D eigenvalue weighted by molar-refractivity contribution is 7.92. The highest BCUT2D eigenvalue weighted by Crippen LogP contribution is 2.25. The summed E-state index contributed by atoms with van der Waals surface area (Å²) in [6.07, 6.45) is 0. The number of nitrogen functional groups attached to an aromatic ring is 1. The molecule has 0 aliphatic heterocycles. The summed E-state index contributed by atoms with van der Waals surface area (Å²) in [4.78, 5) is 7.14. The number of aromatic nitrogens is 2. The zero-order valence-electron chi connectivity index (χ0n) is 9.64. The van der Waals surface area contributed by atoms with Crippen LogP contribution < -0.4 is 10.5 Å². The molecule has 0 saturated carbocycles. The molecule has 0 atom stereocenters.